The van der Waals surface area contributed by atoms with Crippen molar-refractivity contribution in [2.45, 2.75) is 64.7 Å². The third-order valence-corrected chi connectivity index (χ3v) is 4.28. The molecule has 1 heteroatoms. The van der Waals surface area contributed by atoms with E-state index in [-0.39, 0.29) is 5.41 Å². The third kappa shape index (κ3) is 3.52. The van der Waals surface area contributed by atoms with Crippen LogP contribution in [0.25, 0.3) is 0 Å². The molecule has 1 heterocycles. The van der Waals surface area contributed by atoms with E-state index in [2.05, 4.69) is 31.7 Å². The Morgan fingerprint density at radius 3 is 2.68 bits per heavy atom. The summed E-state index contributed by atoms with van der Waals surface area (Å²) >= 11 is 0. The second kappa shape index (κ2) is 6.45. The molecule has 106 valence electrons. The molecular weight excluding hydrogens is 230 g/mol. The maximum absolute atomic E-state index is 7.85. The molecule has 0 amide bonds. The number of para-hydroxylation sites is 1. The van der Waals surface area contributed by atoms with E-state index in [4.69, 9.17) is 1.37 Å². The quantitative estimate of drug-likeness (QED) is 0.613. The topological polar surface area (TPSA) is 3.24 Å². The molecule has 0 atom stereocenters. The summed E-state index contributed by atoms with van der Waals surface area (Å²) in [5.41, 5.74) is 2.95. The van der Waals surface area contributed by atoms with Crippen LogP contribution >= 0.6 is 0 Å². The summed E-state index contributed by atoms with van der Waals surface area (Å²) in [5.74, 6) is 0. The van der Waals surface area contributed by atoms with Crippen molar-refractivity contribution in [3.05, 3.63) is 29.8 Å². The van der Waals surface area contributed by atoms with Crippen molar-refractivity contribution >= 4 is 5.69 Å². The number of fused-ring (bicyclic) bond motifs is 1. The summed E-state index contributed by atoms with van der Waals surface area (Å²) in [5, 5.41) is 0. The first-order valence-corrected chi connectivity index (χ1v) is 7.90. The van der Waals surface area contributed by atoms with Crippen molar-refractivity contribution < 1.29 is 1.37 Å². The van der Waals surface area contributed by atoms with Gasteiger partial charge in [-0.25, -0.2) is 0 Å². The standard InChI is InChI=1S/C18H29N/c1-4-5-6-7-8-11-14-19-15-18(2,3)16-12-9-10-13-17(16)19/h9-10,12-13H,4-8,11,14-15H2,1-3H3/i10D. The Balaban J connectivity index is 1.90. The third-order valence-electron chi connectivity index (χ3n) is 4.28. The lowest BCUT2D eigenvalue weighted by Gasteiger charge is -2.22. The molecule has 1 aliphatic heterocycles. The Morgan fingerprint density at radius 2 is 1.89 bits per heavy atom. The summed E-state index contributed by atoms with van der Waals surface area (Å²) < 4.78 is 7.85. The molecule has 0 radical (unpaired) electrons. The molecule has 0 saturated carbocycles. The zero-order valence-corrected chi connectivity index (χ0v) is 12.8. The van der Waals surface area contributed by atoms with Gasteiger partial charge in [0.1, 0.15) is 0 Å². The van der Waals surface area contributed by atoms with Crippen LogP contribution in [-0.4, -0.2) is 13.1 Å². The van der Waals surface area contributed by atoms with Crippen LogP contribution in [0.2, 0.25) is 0 Å². The Bertz CT molecular complexity index is 439. The van der Waals surface area contributed by atoms with Gasteiger partial charge in [0.2, 0.25) is 0 Å². The predicted octanol–water partition coefficient (Wildman–Crippen LogP) is 5.14. The van der Waals surface area contributed by atoms with Gasteiger partial charge in [-0.3, -0.25) is 0 Å². The van der Waals surface area contributed by atoms with Crippen molar-refractivity contribution in [1.29, 1.82) is 0 Å². The van der Waals surface area contributed by atoms with Crippen molar-refractivity contribution in [2.24, 2.45) is 0 Å². The van der Waals surface area contributed by atoms with Gasteiger partial charge in [0, 0.05) is 24.2 Å². The highest BCUT2D eigenvalue weighted by atomic mass is 15.2. The lowest BCUT2D eigenvalue weighted by molar-refractivity contribution is 0.537. The van der Waals surface area contributed by atoms with Gasteiger partial charge in [-0.05, 0) is 18.1 Å². The van der Waals surface area contributed by atoms with Crippen molar-refractivity contribution in [2.75, 3.05) is 18.0 Å². The number of benzene rings is 1. The fourth-order valence-electron chi connectivity index (χ4n) is 3.19. The van der Waals surface area contributed by atoms with Gasteiger partial charge >= 0.3 is 0 Å². The fourth-order valence-corrected chi connectivity index (χ4v) is 3.19. The Hall–Kier alpha value is -0.980. The van der Waals surface area contributed by atoms with E-state index in [0.717, 1.165) is 13.1 Å². The summed E-state index contributed by atoms with van der Waals surface area (Å²) in [6.45, 7) is 9.14. The first-order chi connectivity index (χ1) is 9.54. The van der Waals surface area contributed by atoms with Gasteiger partial charge in [0.25, 0.3) is 0 Å². The van der Waals surface area contributed by atoms with Crippen LogP contribution in [0.3, 0.4) is 0 Å². The van der Waals surface area contributed by atoms with Crippen LogP contribution in [0.5, 0.6) is 0 Å². The number of anilines is 1. The van der Waals surface area contributed by atoms with Crippen LogP contribution in [0.15, 0.2) is 24.2 Å². The number of nitrogens with zero attached hydrogens (tertiary/aromatic N) is 1. The molecule has 0 saturated heterocycles. The highest BCUT2D eigenvalue weighted by Crippen LogP contribution is 2.40. The molecule has 1 aliphatic rings. The van der Waals surface area contributed by atoms with Gasteiger partial charge < -0.3 is 4.90 Å². The molecule has 0 unspecified atom stereocenters. The van der Waals surface area contributed by atoms with Crippen LogP contribution in [0, 0.1) is 0 Å². The number of hydrogen-bond donors (Lipinski definition) is 0. The van der Waals surface area contributed by atoms with E-state index in [1.165, 1.54) is 49.8 Å². The van der Waals surface area contributed by atoms with E-state index in [0.29, 0.717) is 6.04 Å². The number of hydrogen-bond acceptors (Lipinski definition) is 1. The maximum atomic E-state index is 7.85. The number of unbranched alkanes of at least 4 members (excludes halogenated alkanes) is 5. The van der Waals surface area contributed by atoms with Gasteiger partial charge in [0.05, 0.1) is 1.37 Å². The van der Waals surface area contributed by atoms with E-state index >= 15 is 0 Å². The summed E-state index contributed by atoms with van der Waals surface area (Å²) in [4.78, 5) is 2.49. The van der Waals surface area contributed by atoms with Crippen molar-refractivity contribution in [3.8, 4) is 0 Å². The van der Waals surface area contributed by atoms with Crippen molar-refractivity contribution in [1.82, 2.24) is 0 Å². The van der Waals surface area contributed by atoms with E-state index in [9.17, 15) is 0 Å². The van der Waals surface area contributed by atoms with E-state index in [1.54, 1.807) is 0 Å². The van der Waals surface area contributed by atoms with E-state index in [1.807, 2.05) is 12.1 Å². The lowest BCUT2D eigenvalue weighted by Crippen LogP contribution is -2.29. The Kier molecular flexibility index (Phi) is 4.42. The second-order valence-corrected chi connectivity index (χ2v) is 6.52. The first kappa shape index (κ1) is 13.0. The monoisotopic (exact) mass is 260 g/mol. The lowest BCUT2D eigenvalue weighted by atomic mass is 9.87. The zero-order chi connectivity index (χ0) is 14.6. The Labute approximate surface area is 120 Å². The first-order valence-electron chi connectivity index (χ1n) is 8.40. The number of rotatable bonds is 7. The average Bonchev–Trinajstić information content (AvgIpc) is 2.65. The SMILES string of the molecule is [2H]c1ccc2c(c1)N(CCCCCCCC)CC2(C)C. The smallest absolute Gasteiger partial charge is 0.0623 e. The Morgan fingerprint density at radius 1 is 1.16 bits per heavy atom. The van der Waals surface area contributed by atoms with Crippen LogP contribution in [-0.2, 0) is 5.41 Å². The van der Waals surface area contributed by atoms with Crippen LogP contribution < -0.4 is 4.90 Å². The minimum Gasteiger partial charge on any atom is -0.370 e. The maximum Gasteiger partial charge on any atom is 0.0623 e. The molecule has 0 N–H and O–H groups in total. The second-order valence-electron chi connectivity index (χ2n) is 6.52. The minimum atomic E-state index is 0.227. The highest BCUT2D eigenvalue weighted by Gasteiger charge is 2.33. The summed E-state index contributed by atoms with van der Waals surface area (Å²) in [7, 11) is 0. The molecule has 19 heavy (non-hydrogen) atoms. The molecule has 2 rings (SSSR count). The highest BCUT2D eigenvalue weighted by molar-refractivity contribution is 5.61. The predicted molar refractivity (Wildman–Crippen MR) is 85.1 cm³/mol. The molecular formula is C18H29N. The average molecular weight is 260 g/mol. The normalized spacial score (nSPS) is 17.4. The van der Waals surface area contributed by atoms with E-state index < -0.39 is 0 Å². The molecule has 1 aromatic rings. The van der Waals surface area contributed by atoms with Crippen molar-refractivity contribution in [3.63, 3.8) is 0 Å². The van der Waals surface area contributed by atoms with Crippen LogP contribution in [0.1, 0.15) is 66.2 Å². The van der Waals surface area contributed by atoms with Gasteiger partial charge in [0.15, 0.2) is 0 Å². The molecule has 0 aliphatic carbocycles. The molecule has 0 aromatic heterocycles. The van der Waals surface area contributed by atoms with Gasteiger partial charge in [-0.15, -0.1) is 0 Å². The van der Waals surface area contributed by atoms with Gasteiger partial charge in [-0.2, -0.15) is 0 Å². The molecule has 1 aromatic carbocycles. The zero-order valence-electron chi connectivity index (χ0n) is 13.8. The minimum absolute atomic E-state index is 0.227. The molecule has 0 fully saturated rings. The largest absolute Gasteiger partial charge is 0.370 e. The summed E-state index contributed by atoms with van der Waals surface area (Å²) in [6.07, 6.45) is 8.07. The van der Waals surface area contributed by atoms with Crippen LogP contribution in [0.4, 0.5) is 5.69 Å². The fraction of sp³-hybridized carbons (Fsp3) is 0.667. The van der Waals surface area contributed by atoms with Gasteiger partial charge in [-0.1, -0.05) is 71.1 Å². The summed E-state index contributed by atoms with van der Waals surface area (Å²) in [6, 6.07) is 6.75. The molecule has 1 nitrogen and oxygen atoms in total. The molecule has 0 spiro atoms. The molecule has 0 bridgehead atoms.